The van der Waals surface area contributed by atoms with Crippen molar-refractivity contribution in [2.45, 2.75) is 13.0 Å². The maximum atomic E-state index is 12.4. The van der Waals surface area contributed by atoms with Crippen LogP contribution < -0.4 is 11.1 Å². The predicted molar refractivity (Wildman–Crippen MR) is 109 cm³/mol. The van der Waals surface area contributed by atoms with Crippen LogP contribution in [0, 0.1) is 0 Å². The summed E-state index contributed by atoms with van der Waals surface area (Å²) in [4.78, 5) is 24.6. The minimum atomic E-state index is -0.579. The van der Waals surface area contributed by atoms with Gasteiger partial charge in [-0.3, -0.25) is 4.79 Å². The number of fused-ring (bicyclic) bond motifs is 1. The normalized spacial score (nSPS) is 11.8. The molecule has 27 heavy (non-hydrogen) atoms. The summed E-state index contributed by atoms with van der Waals surface area (Å²) < 4.78 is 6.16. The number of carbonyl (C=O) groups is 2. The highest BCUT2D eigenvalue weighted by molar-refractivity contribution is 9.10. The molecule has 1 atom stereocenters. The summed E-state index contributed by atoms with van der Waals surface area (Å²) in [5.41, 5.74) is 7.64. The largest absolute Gasteiger partial charge is 0.452 e. The number of hydrogen-bond donors (Lipinski definition) is 2. The molecule has 0 saturated heterocycles. The zero-order valence-corrected chi connectivity index (χ0v) is 16.3. The van der Waals surface area contributed by atoms with E-state index in [0.717, 1.165) is 20.8 Å². The Kier molecular flexibility index (Phi) is 5.76. The molecule has 0 unspecified atom stereocenters. The van der Waals surface area contributed by atoms with Gasteiger partial charge in [0.05, 0.1) is 11.6 Å². The fraction of sp³-hybridized carbons (Fsp3) is 0.143. The van der Waals surface area contributed by atoms with Crippen LogP contribution in [0.5, 0.6) is 0 Å². The lowest BCUT2D eigenvalue weighted by Crippen LogP contribution is -2.31. The first kappa shape index (κ1) is 18.9. The number of benzene rings is 3. The number of hydrogen-bond acceptors (Lipinski definition) is 4. The third-order valence-electron chi connectivity index (χ3n) is 4.19. The smallest absolute Gasteiger partial charge is 0.339 e. The van der Waals surface area contributed by atoms with Gasteiger partial charge in [-0.05, 0) is 47.5 Å². The Hall–Kier alpha value is -2.86. The van der Waals surface area contributed by atoms with Crippen LogP contribution >= 0.6 is 15.9 Å². The maximum absolute atomic E-state index is 12.4. The molecule has 3 aromatic rings. The summed E-state index contributed by atoms with van der Waals surface area (Å²) in [5, 5.41) is 4.40. The number of ether oxygens (including phenoxy) is 1. The van der Waals surface area contributed by atoms with Crippen molar-refractivity contribution in [2.75, 3.05) is 12.3 Å². The molecule has 0 heterocycles. The Morgan fingerprint density at radius 3 is 2.56 bits per heavy atom. The molecule has 138 valence electrons. The van der Waals surface area contributed by atoms with Gasteiger partial charge in [0.25, 0.3) is 5.91 Å². The molecule has 0 bridgehead atoms. The molecule has 1 amide bonds. The van der Waals surface area contributed by atoms with Gasteiger partial charge in [-0.15, -0.1) is 0 Å². The maximum Gasteiger partial charge on any atom is 0.339 e. The molecule has 0 aliphatic heterocycles. The molecule has 0 fully saturated rings. The molecule has 5 nitrogen and oxygen atoms in total. The fourth-order valence-corrected chi connectivity index (χ4v) is 3.09. The molecule has 0 spiro atoms. The molecule has 3 aromatic carbocycles. The molecule has 6 heteroatoms. The van der Waals surface area contributed by atoms with E-state index in [1.165, 1.54) is 0 Å². The lowest BCUT2D eigenvalue weighted by molar-refractivity contribution is -0.124. The summed E-state index contributed by atoms with van der Waals surface area (Å²) in [6.07, 6.45) is 0. The van der Waals surface area contributed by atoms with E-state index in [2.05, 4.69) is 21.2 Å². The molecule has 0 aromatic heterocycles. The third kappa shape index (κ3) is 4.65. The Morgan fingerprint density at radius 1 is 1.11 bits per heavy atom. The summed E-state index contributed by atoms with van der Waals surface area (Å²) in [6, 6.07) is 18.2. The highest BCUT2D eigenvalue weighted by Gasteiger charge is 2.16. The zero-order valence-electron chi connectivity index (χ0n) is 14.7. The van der Waals surface area contributed by atoms with Gasteiger partial charge < -0.3 is 15.8 Å². The van der Waals surface area contributed by atoms with E-state index in [9.17, 15) is 9.59 Å². The Labute approximate surface area is 165 Å². The molecule has 3 rings (SSSR count). The van der Waals surface area contributed by atoms with Crippen LogP contribution in [0.4, 0.5) is 5.69 Å². The topological polar surface area (TPSA) is 81.4 Å². The fourth-order valence-electron chi connectivity index (χ4n) is 2.83. The van der Waals surface area contributed by atoms with Gasteiger partial charge in [-0.25, -0.2) is 4.79 Å². The van der Waals surface area contributed by atoms with Crippen LogP contribution in [0.25, 0.3) is 10.8 Å². The third-order valence-corrected chi connectivity index (χ3v) is 4.71. The van der Waals surface area contributed by atoms with Crippen LogP contribution in [0.2, 0.25) is 0 Å². The molecular formula is C21H19BrN2O3. The van der Waals surface area contributed by atoms with E-state index in [4.69, 9.17) is 10.5 Å². The van der Waals surface area contributed by atoms with Crippen LogP contribution in [0.15, 0.2) is 65.1 Å². The van der Waals surface area contributed by atoms with Gasteiger partial charge in [-0.1, -0.05) is 52.3 Å². The first-order chi connectivity index (χ1) is 12.9. The first-order valence-electron chi connectivity index (χ1n) is 8.44. The lowest BCUT2D eigenvalue weighted by Gasteiger charge is -2.15. The van der Waals surface area contributed by atoms with E-state index < -0.39 is 5.97 Å². The number of halogens is 1. The molecular weight excluding hydrogens is 408 g/mol. The van der Waals surface area contributed by atoms with Crippen LogP contribution in [0.1, 0.15) is 28.9 Å². The van der Waals surface area contributed by atoms with Gasteiger partial charge in [0.2, 0.25) is 0 Å². The van der Waals surface area contributed by atoms with Crippen LogP contribution in [-0.4, -0.2) is 18.5 Å². The van der Waals surface area contributed by atoms with Crippen molar-refractivity contribution < 1.29 is 14.3 Å². The lowest BCUT2D eigenvalue weighted by atomic mass is 10.0. The quantitative estimate of drug-likeness (QED) is 0.472. The summed E-state index contributed by atoms with van der Waals surface area (Å²) in [5.74, 6) is -0.947. The molecule has 0 radical (unpaired) electrons. The Morgan fingerprint density at radius 2 is 1.81 bits per heavy atom. The minimum Gasteiger partial charge on any atom is -0.452 e. The van der Waals surface area contributed by atoms with Crippen molar-refractivity contribution in [3.05, 3.63) is 76.3 Å². The molecule has 0 aliphatic carbocycles. The molecule has 0 saturated carbocycles. The molecule has 3 N–H and O–H groups in total. The van der Waals surface area contributed by atoms with Gasteiger partial charge in [0, 0.05) is 10.2 Å². The number of nitrogen functional groups attached to an aromatic ring is 1. The van der Waals surface area contributed by atoms with Gasteiger partial charge in [-0.2, -0.15) is 0 Å². The van der Waals surface area contributed by atoms with Crippen molar-refractivity contribution in [1.29, 1.82) is 0 Å². The van der Waals surface area contributed by atoms with Crippen LogP contribution in [0.3, 0.4) is 0 Å². The number of carbonyl (C=O) groups excluding carboxylic acids is 2. The van der Waals surface area contributed by atoms with E-state index in [1.807, 2.05) is 55.5 Å². The average Bonchev–Trinajstić information content (AvgIpc) is 2.65. The summed E-state index contributed by atoms with van der Waals surface area (Å²) in [6.45, 7) is 1.51. The van der Waals surface area contributed by atoms with Crippen molar-refractivity contribution in [3.63, 3.8) is 0 Å². The number of nitrogens with two attached hydrogens (primary N) is 1. The zero-order chi connectivity index (χ0) is 19.4. The van der Waals surface area contributed by atoms with Crippen molar-refractivity contribution >= 4 is 44.3 Å². The van der Waals surface area contributed by atoms with Crippen molar-refractivity contribution in [3.8, 4) is 0 Å². The van der Waals surface area contributed by atoms with Crippen LogP contribution in [-0.2, 0) is 9.53 Å². The second kappa shape index (κ2) is 8.22. The number of nitrogens with one attached hydrogen (secondary N) is 1. The van der Waals surface area contributed by atoms with E-state index in [1.54, 1.807) is 12.1 Å². The second-order valence-corrected chi connectivity index (χ2v) is 7.12. The monoisotopic (exact) mass is 426 g/mol. The van der Waals surface area contributed by atoms with Crippen molar-refractivity contribution in [2.24, 2.45) is 0 Å². The first-order valence-corrected chi connectivity index (χ1v) is 9.23. The van der Waals surface area contributed by atoms with Gasteiger partial charge >= 0.3 is 5.97 Å². The number of anilines is 1. The number of esters is 1. The SMILES string of the molecule is C[C@H](NC(=O)COC(=O)c1cc(N)cc2ccccc12)c1ccc(Br)cc1. The van der Waals surface area contributed by atoms with E-state index in [0.29, 0.717) is 11.3 Å². The Bertz CT molecular complexity index is 986. The minimum absolute atomic E-state index is 0.197. The highest BCUT2D eigenvalue weighted by Crippen LogP contribution is 2.23. The standard InChI is InChI=1S/C21H19BrN2O3/c1-13(14-6-8-16(22)9-7-14)24-20(25)12-27-21(26)19-11-17(23)10-15-4-2-3-5-18(15)19/h2-11,13H,12,23H2,1H3,(H,24,25)/t13-/m0/s1. The molecule has 0 aliphatic rings. The van der Waals surface area contributed by atoms with E-state index in [-0.39, 0.29) is 18.6 Å². The van der Waals surface area contributed by atoms with Crippen molar-refractivity contribution in [1.82, 2.24) is 5.32 Å². The number of amides is 1. The Balaban J connectivity index is 1.64. The highest BCUT2D eigenvalue weighted by atomic mass is 79.9. The average molecular weight is 427 g/mol. The summed E-state index contributed by atoms with van der Waals surface area (Å²) >= 11 is 3.38. The van der Waals surface area contributed by atoms with Gasteiger partial charge in [0.15, 0.2) is 6.61 Å². The van der Waals surface area contributed by atoms with Gasteiger partial charge in [0.1, 0.15) is 0 Å². The summed E-state index contributed by atoms with van der Waals surface area (Å²) in [7, 11) is 0. The number of rotatable bonds is 5. The second-order valence-electron chi connectivity index (χ2n) is 6.21. The predicted octanol–water partition coefficient (Wildman–Crippen LogP) is 4.22. The van der Waals surface area contributed by atoms with E-state index >= 15 is 0 Å².